The van der Waals surface area contributed by atoms with E-state index in [2.05, 4.69) is 25.6 Å². The fourth-order valence-corrected chi connectivity index (χ4v) is 2.90. The van der Waals surface area contributed by atoms with Crippen LogP contribution in [0.3, 0.4) is 0 Å². The van der Waals surface area contributed by atoms with Crippen LogP contribution in [-0.2, 0) is 11.3 Å². The molecule has 0 fully saturated rings. The molecule has 0 aliphatic carbocycles. The minimum atomic E-state index is -0.345. The second kappa shape index (κ2) is 7.31. The summed E-state index contributed by atoms with van der Waals surface area (Å²) in [6.45, 7) is 4.09. The number of pyridine rings is 1. The highest BCUT2D eigenvalue weighted by atomic mass is 32.1. The summed E-state index contributed by atoms with van der Waals surface area (Å²) < 4.78 is 1.12. The lowest BCUT2D eigenvalue weighted by molar-refractivity contribution is -0.121. The maximum absolute atomic E-state index is 11.9. The number of hydrogen-bond acceptors (Lipinski definition) is 7. The summed E-state index contributed by atoms with van der Waals surface area (Å²) in [6.07, 6.45) is 1.74. The van der Waals surface area contributed by atoms with E-state index in [4.69, 9.17) is 0 Å². The first-order valence-corrected chi connectivity index (χ1v) is 8.50. The Kier molecular flexibility index (Phi) is 4.94. The molecule has 25 heavy (non-hydrogen) atoms. The van der Waals surface area contributed by atoms with Crippen LogP contribution in [0, 0.1) is 6.92 Å². The van der Waals surface area contributed by atoms with Crippen LogP contribution in [0.15, 0.2) is 35.3 Å². The van der Waals surface area contributed by atoms with E-state index in [1.165, 1.54) is 17.4 Å². The average Bonchev–Trinajstić information content (AvgIpc) is 3.08. The van der Waals surface area contributed by atoms with Gasteiger partial charge in [-0.3, -0.25) is 14.6 Å². The largest absolute Gasteiger partial charge is 0.355 e. The van der Waals surface area contributed by atoms with E-state index >= 15 is 0 Å². The Morgan fingerprint density at radius 3 is 2.72 bits per heavy atom. The number of amides is 1. The van der Waals surface area contributed by atoms with Crippen molar-refractivity contribution in [3.63, 3.8) is 0 Å². The summed E-state index contributed by atoms with van der Waals surface area (Å²) >= 11 is 1.35. The van der Waals surface area contributed by atoms with E-state index in [0.29, 0.717) is 22.3 Å². The highest BCUT2D eigenvalue weighted by Crippen LogP contribution is 2.28. The lowest BCUT2D eigenvalue weighted by atomic mass is 10.3. The minimum Gasteiger partial charge on any atom is -0.355 e. The van der Waals surface area contributed by atoms with Gasteiger partial charge < -0.3 is 5.32 Å². The van der Waals surface area contributed by atoms with Gasteiger partial charge >= 0.3 is 0 Å². The molecule has 0 atom stereocenters. The summed E-state index contributed by atoms with van der Waals surface area (Å²) in [5.74, 6) is -0.266. The van der Waals surface area contributed by atoms with E-state index in [1.54, 1.807) is 12.3 Å². The molecule has 8 nitrogen and oxygen atoms in total. The molecule has 0 unspecified atom stereocenters. The Hall–Kier alpha value is -2.94. The normalized spacial score (nSPS) is 10.6. The number of carbonyl (C=O) groups excluding carboxylic acids is 1. The monoisotopic (exact) mass is 356 g/mol. The van der Waals surface area contributed by atoms with Crippen molar-refractivity contribution >= 4 is 17.2 Å². The maximum atomic E-state index is 11.9. The third-order valence-electron chi connectivity index (χ3n) is 3.34. The van der Waals surface area contributed by atoms with Crippen LogP contribution in [-0.4, -0.2) is 37.4 Å². The first-order valence-electron chi connectivity index (χ1n) is 7.68. The molecule has 0 spiro atoms. The molecule has 3 rings (SSSR count). The Bertz CT molecular complexity index is 948. The highest BCUT2D eigenvalue weighted by molar-refractivity contribution is 7.17. The lowest BCUT2D eigenvalue weighted by Crippen LogP contribution is -2.33. The molecule has 0 aliphatic heterocycles. The molecule has 9 heteroatoms. The lowest BCUT2D eigenvalue weighted by Gasteiger charge is -2.05. The third-order valence-corrected chi connectivity index (χ3v) is 4.33. The zero-order chi connectivity index (χ0) is 17.8. The van der Waals surface area contributed by atoms with Gasteiger partial charge in [0.25, 0.3) is 5.56 Å². The molecule has 0 saturated carbocycles. The third kappa shape index (κ3) is 3.94. The zero-order valence-corrected chi connectivity index (χ0v) is 14.6. The van der Waals surface area contributed by atoms with Gasteiger partial charge in [0.05, 0.1) is 0 Å². The van der Waals surface area contributed by atoms with Crippen LogP contribution in [0.2, 0.25) is 0 Å². The smallest absolute Gasteiger partial charge is 0.267 e. The van der Waals surface area contributed by atoms with Crippen molar-refractivity contribution in [2.24, 2.45) is 0 Å². The summed E-state index contributed by atoms with van der Waals surface area (Å²) in [7, 11) is 0. The van der Waals surface area contributed by atoms with E-state index < -0.39 is 0 Å². The van der Waals surface area contributed by atoms with Crippen molar-refractivity contribution in [2.45, 2.75) is 20.4 Å². The van der Waals surface area contributed by atoms with Crippen molar-refractivity contribution in [1.29, 1.82) is 0 Å². The van der Waals surface area contributed by atoms with Gasteiger partial charge in [0, 0.05) is 30.1 Å². The average molecular weight is 356 g/mol. The molecule has 0 aromatic carbocycles. The van der Waals surface area contributed by atoms with Crippen LogP contribution in [0.4, 0.5) is 0 Å². The standard InChI is InChI=1S/C16H16N6O2S/c1-3-17-13(23)9-22-14(24)7-6-12(21-22)16-20-19-15(25-16)11-5-4-10(2)18-8-11/h4-8H,3,9H2,1-2H3,(H,17,23). The summed E-state index contributed by atoms with van der Waals surface area (Å²) in [6, 6.07) is 6.78. The molecular formula is C16H16N6O2S. The van der Waals surface area contributed by atoms with Crippen LogP contribution in [0.1, 0.15) is 12.6 Å². The molecule has 0 aliphatic rings. The van der Waals surface area contributed by atoms with E-state index in [1.807, 2.05) is 26.0 Å². The van der Waals surface area contributed by atoms with E-state index in [0.717, 1.165) is 15.9 Å². The second-order valence-electron chi connectivity index (χ2n) is 5.27. The minimum absolute atomic E-state index is 0.131. The molecule has 0 radical (unpaired) electrons. The van der Waals surface area contributed by atoms with Crippen molar-refractivity contribution in [1.82, 2.24) is 30.3 Å². The van der Waals surface area contributed by atoms with Crippen molar-refractivity contribution in [2.75, 3.05) is 6.54 Å². The number of aryl methyl sites for hydroxylation is 1. The SMILES string of the molecule is CCNC(=O)Cn1nc(-c2nnc(-c3ccc(C)nc3)s2)ccc1=O. The van der Waals surface area contributed by atoms with Crippen molar-refractivity contribution in [3.8, 4) is 21.3 Å². The number of carbonyl (C=O) groups is 1. The number of likely N-dealkylation sites (N-methyl/N-ethyl adjacent to an activating group) is 1. The maximum Gasteiger partial charge on any atom is 0.267 e. The predicted octanol–water partition coefficient (Wildman–Crippen LogP) is 1.27. The van der Waals surface area contributed by atoms with Crippen LogP contribution in [0.5, 0.6) is 0 Å². The Balaban J connectivity index is 1.88. The fourth-order valence-electron chi connectivity index (χ4n) is 2.10. The topological polar surface area (TPSA) is 103 Å². The number of aromatic nitrogens is 5. The molecule has 1 N–H and O–H groups in total. The molecule has 3 heterocycles. The predicted molar refractivity (Wildman–Crippen MR) is 94.1 cm³/mol. The Labute approximate surface area is 147 Å². The molecule has 3 aromatic heterocycles. The van der Waals surface area contributed by atoms with Gasteiger partial charge in [-0.25, -0.2) is 4.68 Å². The van der Waals surface area contributed by atoms with Gasteiger partial charge in [0.15, 0.2) is 5.01 Å². The van der Waals surface area contributed by atoms with Crippen molar-refractivity contribution < 1.29 is 4.79 Å². The van der Waals surface area contributed by atoms with Crippen LogP contribution < -0.4 is 10.9 Å². The first kappa shape index (κ1) is 16.9. The number of nitrogens with zero attached hydrogens (tertiary/aromatic N) is 5. The molecule has 1 amide bonds. The van der Waals surface area contributed by atoms with Gasteiger partial charge in [0.2, 0.25) is 5.91 Å². The Morgan fingerprint density at radius 1 is 1.20 bits per heavy atom. The quantitative estimate of drug-likeness (QED) is 0.738. The summed E-state index contributed by atoms with van der Waals surface area (Å²) in [4.78, 5) is 27.8. The Morgan fingerprint density at radius 2 is 2.00 bits per heavy atom. The zero-order valence-electron chi connectivity index (χ0n) is 13.8. The van der Waals surface area contributed by atoms with Gasteiger partial charge in [-0.1, -0.05) is 11.3 Å². The first-order chi connectivity index (χ1) is 12.1. The van der Waals surface area contributed by atoms with Gasteiger partial charge in [0.1, 0.15) is 17.2 Å². The number of hydrogen-bond donors (Lipinski definition) is 1. The molecular weight excluding hydrogens is 340 g/mol. The van der Waals surface area contributed by atoms with Gasteiger partial charge in [-0.2, -0.15) is 5.10 Å². The molecule has 0 saturated heterocycles. The second-order valence-corrected chi connectivity index (χ2v) is 6.25. The fraction of sp³-hybridized carbons (Fsp3) is 0.250. The molecule has 3 aromatic rings. The van der Waals surface area contributed by atoms with E-state index in [-0.39, 0.29) is 18.0 Å². The van der Waals surface area contributed by atoms with E-state index in [9.17, 15) is 9.59 Å². The number of nitrogens with one attached hydrogen (secondary N) is 1. The summed E-state index contributed by atoms with van der Waals surface area (Å²) in [5.41, 5.74) is 1.94. The van der Waals surface area contributed by atoms with Crippen LogP contribution in [0.25, 0.3) is 21.3 Å². The van der Waals surface area contributed by atoms with Gasteiger partial charge in [-0.15, -0.1) is 10.2 Å². The van der Waals surface area contributed by atoms with Gasteiger partial charge in [-0.05, 0) is 32.0 Å². The summed E-state index contributed by atoms with van der Waals surface area (Å²) in [5, 5.41) is 16.4. The van der Waals surface area contributed by atoms with Crippen LogP contribution >= 0.6 is 11.3 Å². The molecule has 128 valence electrons. The van der Waals surface area contributed by atoms with Crippen molar-refractivity contribution in [3.05, 3.63) is 46.5 Å². The number of rotatable bonds is 5. The highest BCUT2D eigenvalue weighted by Gasteiger charge is 2.12. The molecule has 0 bridgehead atoms.